The van der Waals surface area contributed by atoms with E-state index in [0.29, 0.717) is 22.8 Å². The summed E-state index contributed by atoms with van der Waals surface area (Å²) in [5.41, 5.74) is 1.18. The summed E-state index contributed by atoms with van der Waals surface area (Å²) < 4.78 is 19.5. The molecule has 0 fully saturated rings. The average Bonchev–Trinajstić information content (AvgIpc) is 3.11. The van der Waals surface area contributed by atoms with Crippen molar-refractivity contribution in [2.45, 2.75) is 0 Å². The smallest absolute Gasteiger partial charge is 0.266 e. The lowest BCUT2D eigenvalue weighted by Crippen LogP contribution is -2.13. The van der Waals surface area contributed by atoms with Gasteiger partial charge in [-0.1, -0.05) is 15.9 Å². The van der Waals surface area contributed by atoms with Gasteiger partial charge in [0.05, 0.1) is 0 Å². The molecule has 1 heterocycles. The number of carbonyl (C=O) groups excluding carboxylic acids is 1. The van der Waals surface area contributed by atoms with Gasteiger partial charge in [0.25, 0.3) is 5.91 Å². The Morgan fingerprint density at radius 2 is 1.77 bits per heavy atom. The zero-order chi connectivity index (χ0) is 18.5. The number of carbonyl (C=O) groups is 1. The van der Waals surface area contributed by atoms with Crippen molar-refractivity contribution in [2.75, 3.05) is 5.32 Å². The number of anilines is 1. The first-order valence-corrected chi connectivity index (χ1v) is 8.39. The Morgan fingerprint density at radius 3 is 2.42 bits per heavy atom. The number of rotatable bonds is 4. The molecule has 4 nitrogen and oxygen atoms in total. The highest BCUT2D eigenvalue weighted by atomic mass is 79.9. The third-order valence-corrected chi connectivity index (χ3v) is 4.04. The van der Waals surface area contributed by atoms with Gasteiger partial charge in [0.2, 0.25) is 0 Å². The number of amides is 1. The predicted octanol–water partition coefficient (Wildman–Crippen LogP) is 5.39. The molecule has 0 atom stereocenters. The van der Waals surface area contributed by atoms with E-state index in [9.17, 15) is 14.4 Å². The number of hydrogen-bond donors (Lipinski definition) is 1. The molecule has 6 heteroatoms. The summed E-state index contributed by atoms with van der Waals surface area (Å²) in [5, 5.41) is 11.9. The maximum Gasteiger partial charge on any atom is 0.266 e. The highest BCUT2D eigenvalue weighted by Crippen LogP contribution is 2.24. The van der Waals surface area contributed by atoms with Crippen LogP contribution in [0.5, 0.6) is 0 Å². The highest BCUT2D eigenvalue weighted by Gasteiger charge is 2.11. The van der Waals surface area contributed by atoms with Crippen molar-refractivity contribution in [2.24, 2.45) is 0 Å². The lowest BCUT2D eigenvalue weighted by molar-refractivity contribution is -0.112. The summed E-state index contributed by atoms with van der Waals surface area (Å²) in [6.07, 6.45) is 1.36. The second-order valence-electron chi connectivity index (χ2n) is 5.34. The fourth-order valence-corrected chi connectivity index (χ4v) is 2.49. The molecule has 3 rings (SSSR count). The maximum atomic E-state index is 13.0. The van der Waals surface area contributed by atoms with Crippen molar-refractivity contribution < 1.29 is 13.6 Å². The summed E-state index contributed by atoms with van der Waals surface area (Å²) in [7, 11) is 0. The van der Waals surface area contributed by atoms with Crippen molar-refractivity contribution in [3.8, 4) is 17.4 Å². The number of benzene rings is 2. The monoisotopic (exact) mass is 410 g/mol. The van der Waals surface area contributed by atoms with Gasteiger partial charge < -0.3 is 9.73 Å². The van der Waals surface area contributed by atoms with Crippen molar-refractivity contribution in [1.82, 2.24) is 0 Å². The summed E-state index contributed by atoms with van der Waals surface area (Å²) in [5.74, 6) is 0.0000446. The lowest BCUT2D eigenvalue weighted by atomic mass is 10.2. The van der Waals surface area contributed by atoms with Crippen LogP contribution in [0.2, 0.25) is 0 Å². The Kier molecular flexibility index (Phi) is 5.30. The van der Waals surface area contributed by atoms with E-state index in [1.807, 2.05) is 6.07 Å². The Labute approximate surface area is 157 Å². The number of nitrogens with zero attached hydrogens (tertiary/aromatic N) is 1. The fourth-order valence-electron chi connectivity index (χ4n) is 2.22. The van der Waals surface area contributed by atoms with Crippen molar-refractivity contribution >= 4 is 33.6 Å². The number of hydrogen-bond acceptors (Lipinski definition) is 3. The second kappa shape index (κ2) is 7.81. The van der Waals surface area contributed by atoms with E-state index < -0.39 is 5.91 Å². The molecule has 1 aromatic heterocycles. The van der Waals surface area contributed by atoms with Gasteiger partial charge in [-0.25, -0.2) is 4.39 Å². The molecule has 128 valence electrons. The average molecular weight is 411 g/mol. The van der Waals surface area contributed by atoms with Crippen LogP contribution >= 0.6 is 15.9 Å². The molecule has 3 aromatic rings. The maximum absolute atomic E-state index is 13.0. The van der Waals surface area contributed by atoms with Gasteiger partial charge in [-0.2, -0.15) is 5.26 Å². The van der Waals surface area contributed by atoms with Crippen LogP contribution < -0.4 is 5.32 Å². The summed E-state index contributed by atoms with van der Waals surface area (Å²) in [6, 6.07) is 18.1. The van der Waals surface area contributed by atoms with Gasteiger partial charge in [0.1, 0.15) is 29.0 Å². The van der Waals surface area contributed by atoms with Gasteiger partial charge >= 0.3 is 0 Å². The first-order valence-electron chi connectivity index (χ1n) is 7.59. The van der Waals surface area contributed by atoms with Crippen molar-refractivity contribution in [3.05, 3.63) is 82.3 Å². The molecule has 1 N–H and O–H groups in total. The Morgan fingerprint density at radius 1 is 1.08 bits per heavy atom. The van der Waals surface area contributed by atoms with Crippen LogP contribution in [0.3, 0.4) is 0 Å². The SMILES string of the molecule is N#C/C(=C/c1ccc(-c2ccc(F)cc2)o1)C(=O)Nc1ccc(Br)cc1. The normalized spacial score (nSPS) is 11.0. The number of furan rings is 1. The van der Waals surface area contributed by atoms with E-state index >= 15 is 0 Å². The Bertz CT molecular complexity index is 1000. The molecule has 0 aliphatic rings. The predicted molar refractivity (Wildman–Crippen MR) is 100 cm³/mol. The Hall–Kier alpha value is -3.17. The first-order chi connectivity index (χ1) is 12.5. The minimum Gasteiger partial charge on any atom is -0.457 e. The number of nitrogens with one attached hydrogen (secondary N) is 1. The largest absolute Gasteiger partial charge is 0.457 e. The van der Waals surface area contributed by atoms with Gasteiger partial charge in [0, 0.05) is 21.8 Å². The zero-order valence-corrected chi connectivity index (χ0v) is 15.0. The first kappa shape index (κ1) is 17.6. The summed E-state index contributed by atoms with van der Waals surface area (Å²) >= 11 is 3.31. The van der Waals surface area contributed by atoms with E-state index in [-0.39, 0.29) is 11.4 Å². The second-order valence-corrected chi connectivity index (χ2v) is 6.26. The van der Waals surface area contributed by atoms with E-state index in [1.165, 1.54) is 18.2 Å². The van der Waals surface area contributed by atoms with Crippen LogP contribution in [0.4, 0.5) is 10.1 Å². The van der Waals surface area contributed by atoms with E-state index in [1.54, 1.807) is 48.5 Å². The lowest BCUT2D eigenvalue weighted by Gasteiger charge is -2.03. The zero-order valence-electron chi connectivity index (χ0n) is 13.4. The van der Waals surface area contributed by atoms with Crippen LogP contribution in [-0.2, 0) is 4.79 Å². The molecular formula is C20H12BrFN2O2. The molecule has 26 heavy (non-hydrogen) atoms. The topological polar surface area (TPSA) is 66.0 Å². The molecule has 0 radical (unpaired) electrons. The summed E-state index contributed by atoms with van der Waals surface area (Å²) in [6.45, 7) is 0. The van der Waals surface area contributed by atoms with E-state index in [2.05, 4.69) is 21.2 Å². The highest BCUT2D eigenvalue weighted by molar-refractivity contribution is 9.10. The molecule has 0 saturated heterocycles. The van der Waals surface area contributed by atoms with Gasteiger partial charge in [-0.05, 0) is 60.7 Å². The third kappa shape index (κ3) is 4.26. The molecule has 2 aromatic carbocycles. The van der Waals surface area contributed by atoms with Crippen LogP contribution in [0.1, 0.15) is 5.76 Å². The summed E-state index contributed by atoms with van der Waals surface area (Å²) in [4.78, 5) is 12.3. The van der Waals surface area contributed by atoms with Gasteiger partial charge in [-0.3, -0.25) is 4.79 Å². The molecule has 1 amide bonds. The van der Waals surface area contributed by atoms with Crippen LogP contribution in [0, 0.1) is 17.1 Å². The molecule has 0 spiro atoms. The standard InChI is InChI=1S/C20H12BrFN2O2/c21-15-3-7-17(8-4-15)24-20(25)14(12-23)11-18-9-10-19(26-18)13-1-5-16(22)6-2-13/h1-11H,(H,24,25)/b14-11-. The van der Waals surface area contributed by atoms with Crippen LogP contribution in [0.15, 0.2) is 75.1 Å². The van der Waals surface area contributed by atoms with E-state index in [4.69, 9.17) is 4.42 Å². The Balaban J connectivity index is 1.78. The van der Waals surface area contributed by atoms with Crippen molar-refractivity contribution in [3.63, 3.8) is 0 Å². The number of halogens is 2. The molecular weight excluding hydrogens is 399 g/mol. The van der Waals surface area contributed by atoms with Crippen LogP contribution in [-0.4, -0.2) is 5.91 Å². The minimum atomic E-state index is -0.533. The minimum absolute atomic E-state index is 0.0899. The number of nitriles is 1. The molecule has 0 aliphatic heterocycles. The fraction of sp³-hybridized carbons (Fsp3) is 0. The van der Waals surface area contributed by atoms with E-state index in [0.717, 1.165) is 4.47 Å². The molecule has 0 bridgehead atoms. The molecule has 0 aliphatic carbocycles. The molecule has 0 unspecified atom stereocenters. The van der Waals surface area contributed by atoms with Gasteiger partial charge in [-0.15, -0.1) is 0 Å². The quantitative estimate of drug-likeness (QED) is 0.462. The third-order valence-electron chi connectivity index (χ3n) is 3.51. The van der Waals surface area contributed by atoms with Crippen molar-refractivity contribution in [1.29, 1.82) is 5.26 Å². The van der Waals surface area contributed by atoms with Crippen LogP contribution in [0.25, 0.3) is 17.4 Å². The molecule has 0 saturated carbocycles. The van der Waals surface area contributed by atoms with Gasteiger partial charge in [0.15, 0.2) is 0 Å².